The van der Waals surface area contributed by atoms with Crippen molar-refractivity contribution in [2.75, 3.05) is 6.61 Å². The predicted octanol–water partition coefficient (Wildman–Crippen LogP) is 0.555. The SMILES string of the molecule is C=C1CC1CO. The number of aliphatic hydroxyl groups is 1. The maximum absolute atomic E-state index is 8.32. The third kappa shape index (κ3) is 0.455. The Hall–Kier alpha value is -0.300. The van der Waals surface area contributed by atoms with E-state index in [9.17, 15) is 0 Å². The third-order valence-electron chi connectivity index (χ3n) is 1.15. The zero-order valence-corrected chi connectivity index (χ0v) is 3.65. The fourth-order valence-electron chi connectivity index (χ4n) is 0.451. The molecule has 0 spiro atoms. The van der Waals surface area contributed by atoms with E-state index in [1.54, 1.807) is 0 Å². The summed E-state index contributed by atoms with van der Waals surface area (Å²) in [5, 5.41) is 8.32. The first kappa shape index (κ1) is 3.88. The summed E-state index contributed by atoms with van der Waals surface area (Å²) in [6.07, 6.45) is 1.05. The molecule has 1 aliphatic rings. The van der Waals surface area contributed by atoms with Crippen LogP contribution < -0.4 is 0 Å². The first-order valence-corrected chi connectivity index (χ1v) is 2.13. The summed E-state index contributed by atoms with van der Waals surface area (Å²) in [6, 6.07) is 0. The van der Waals surface area contributed by atoms with Crippen LogP contribution >= 0.6 is 0 Å². The monoisotopic (exact) mass is 84.1 g/mol. The van der Waals surface area contributed by atoms with Crippen LogP contribution in [-0.4, -0.2) is 11.7 Å². The average molecular weight is 84.1 g/mol. The van der Waals surface area contributed by atoms with Crippen LogP contribution in [-0.2, 0) is 0 Å². The van der Waals surface area contributed by atoms with E-state index in [1.165, 1.54) is 5.57 Å². The molecule has 0 heterocycles. The molecule has 1 fully saturated rings. The molecule has 0 aromatic heterocycles. The highest BCUT2D eigenvalue weighted by Gasteiger charge is 2.25. The lowest BCUT2D eigenvalue weighted by atomic mass is 10.4. The van der Waals surface area contributed by atoms with E-state index in [0.29, 0.717) is 12.5 Å². The average Bonchev–Trinajstić information content (AvgIpc) is 2.19. The molecule has 34 valence electrons. The van der Waals surface area contributed by atoms with Gasteiger partial charge in [-0.2, -0.15) is 0 Å². The van der Waals surface area contributed by atoms with Crippen molar-refractivity contribution in [2.24, 2.45) is 5.92 Å². The van der Waals surface area contributed by atoms with Crippen molar-refractivity contribution in [3.63, 3.8) is 0 Å². The standard InChI is InChI=1S/C5H8O/c1-4-2-5(4)3-6/h5-6H,1-3H2. The maximum Gasteiger partial charge on any atom is 0.0499 e. The number of rotatable bonds is 1. The molecule has 0 bridgehead atoms. The van der Waals surface area contributed by atoms with Gasteiger partial charge in [-0.15, -0.1) is 0 Å². The molecule has 1 heteroatoms. The van der Waals surface area contributed by atoms with E-state index in [1.807, 2.05) is 0 Å². The highest BCUT2D eigenvalue weighted by Crippen LogP contribution is 2.34. The number of hydrogen-bond donors (Lipinski definition) is 1. The first-order valence-electron chi connectivity index (χ1n) is 2.13. The van der Waals surface area contributed by atoms with Gasteiger partial charge in [0.15, 0.2) is 0 Å². The molecule has 1 nitrogen and oxygen atoms in total. The van der Waals surface area contributed by atoms with Gasteiger partial charge in [-0.3, -0.25) is 0 Å². The van der Waals surface area contributed by atoms with Crippen LogP contribution in [0, 0.1) is 5.92 Å². The summed E-state index contributed by atoms with van der Waals surface area (Å²) in [5.41, 5.74) is 1.21. The Morgan fingerprint density at radius 1 is 2.00 bits per heavy atom. The largest absolute Gasteiger partial charge is 0.396 e. The van der Waals surface area contributed by atoms with Gasteiger partial charge in [-0.25, -0.2) is 0 Å². The normalized spacial score (nSPS) is 30.8. The van der Waals surface area contributed by atoms with Crippen molar-refractivity contribution in [2.45, 2.75) is 6.42 Å². The van der Waals surface area contributed by atoms with Crippen molar-refractivity contribution in [3.05, 3.63) is 12.2 Å². The van der Waals surface area contributed by atoms with Crippen LogP contribution in [0.25, 0.3) is 0 Å². The molecule has 1 unspecified atom stereocenters. The van der Waals surface area contributed by atoms with Crippen molar-refractivity contribution >= 4 is 0 Å². The fourth-order valence-corrected chi connectivity index (χ4v) is 0.451. The molecule has 0 aliphatic heterocycles. The molecule has 0 aromatic rings. The minimum Gasteiger partial charge on any atom is -0.396 e. The van der Waals surface area contributed by atoms with Gasteiger partial charge < -0.3 is 5.11 Å². The van der Waals surface area contributed by atoms with Gasteiger partial charge in [-0.1, -0.05) is 12.2 Å². The number of aliphatic hydroxyl groups excluding tert-OH is 1. The lowest BCUT2D eigenvalue weighted by molar-refractivity contribution is 0.281. The Balaban J connectivity index is 2.26. The topological polar surface area (TPSA) is 20.2 Å². The predicted molar refractivity (Wildman–Crippen MR) is 24.3 cm³/mol. The molecule has 0 radical (unpaired) electrons. The van der Waals surface area contributed by atoms with Crippen LogP contribution in [0.2, 0.25) is 0 Å². The highest BCUT2D eigenvalue weighted by atomic mass is 16.3. The van der Waals surface area contributed by atoms with Gasteiger partial charge in [0, 0.05) is 12.5 Å². The molecular weight excluding hydrogens is 76.1 g/mol. The molecule has 1 rings (SSSR count). The minimum atomic E-state index is 0.304. The Kier molecular flexibility index (Phi) is 0.701. The second-order valence-electron chi connectivity index (χ2n) is 1.74. The third-order valence-corrected chi connectivity index (χ3v) is 1.15. The van der Waals surface area contributed by atoms with Crippen molar-refractivity contribution < 1.29 is 5.11 Å². The lowest BCUT2D eigenvalue weighted by Crippen LogP contribution is -1.79. The second-order valence-corrected chi connectivity index (χ2v) is 1.74. The molecule has 6 heavy (non-hydrogen) atoms. The summed E-state index contributed by atoms with van der Waals surface area (Å²) < 4.78 is 0. The summed E-state index contributed by atoms with van der Waals surface area (Å²) in [5.74, 6) is 0.463. The smallest absolute Gasteiger partial charge is 0.0499 e. The summed E-state index contributed by atoms with van der Waals surface area (Å²) in [6.45, 7) is 3.96. The maximum atomic E-state index is 8.32. The van der Waals surface area contributed by atoms with Crippen LogP contribution in [0.5, 0.6) is 0 Å². The van der Waals surface area contributed by atoms with Crippen molar-refractivity contribution in [1.82, 2.24) is 0 Å². The Bertz CT molecular complexity index is 76.0. The van der Waals surface area contributed by atoms with E-state index >= 15 is 0 Å². The zero-order valence-electron chi connectivity index (χ0n) is 3.65. The van der Waals surface area contributed by atoms with Crippen LogP contribution in [0.3, 0.4) is 0 Å². The van der Waals surface area contributed by atoms with Gasteiger partial charge in [0.25, 0.3) is 0 Å². The molecule has 0 saturated heterocycles. The fraction of sp³-hybridized carbons (Fsp3) is 0.600. The number of hydrogen-bond acceptors (Lipinski definition) is 1. The quantitative estimate of drug-likeness (QED) is 0.460. The molecule has 0 amide bonds. The molecule has 1 saturated carbocycles. The molecule has 0 aromatic carbocycles. The first-order chi connectivity index (χ1) is 2.84. The van der Waals surface area contributed by atoms with Gasteiger partial charge in [0.1, 0.15) is 0 Å². The second kappa shape index (κ2) is 1.09. The summed E-state index contributed by atoms with van der Waals surface area (Å²) in [4.78, 5) is 0. The zero-order chi connectivity index (χ0) is 4.57. The Morgan fingerprint density at radius 3 is 2.50 bits per heavy atom. The van der Waals surface area contributed by atoms with Gasteiger partial charge >= 0.3 is 0 Å². The minimum absolute atomic E-state index is 0.304. The van der Waals surface area contributed by atoms with E-state index < -0.39 is 0 Å². The van der Waals surface area contributed by atoms with E-state index in [4.69, 9.17) is 5.11 Å². The van der Waals surface area contributed by atoms with Crippen molar-refractivity contribution in [1.29, 1.82) is 0 Å². The van der Waals surface area contributed by atoms with Gasteiger partial charge in [0.2, 0.25) is 0 Å². The van der Waals surface area contributed by atoms with Gasteiger partial charge in [0.05, 0.1) is 0 Å². The highest BCUT2D eigenvalue weighted by molar-refractivity contribution is 5.18. The van der Waals surface area contributed by atoms with E-state index in [-0.39, 0.29) is 0 Å². The van der Waals surface area contributed by atoms with Crippen LogP contribution in [0.4, 0.5) is 0 Å². The molecule has 1 N–H and O–H groups in total. The lowest BCUT2D eigenvalue weighted by Gasteiger charge is -1.74. The molecule has 1 aliphatic carbocycles. The molecule has 1 atom stereocenters. The Labute approximate surface area is 37.3 Å². The Morgan fingerprint density at radius 2 is 2.50 bits per heavy atom. The van der Waals surface area contributed by atoms with Crippen molar-refractivity contribution in [3.8, 4) is 0 Å². The molecular formula is C5H8O. The van der Waals surface area contributed by atoms with Crippen LogP contribution in [0.1, 0.15) is 6.42 Å². The van der Waals surface area contributed by atoms with Gasteiger partial charge in [-0.05, 0) is 6.42 Å². The van der Waals surface area contributed by atoms with E-state index in [2.05, 4.69) is 6.58 Å². The summed E-state index contributed by atoms with van der Waals surface area (Å²) >= 11 is 0. The van der Waals surface area contributed by atoms with E-state index in [0.717, 1.165) is 6.42 Å². The summed E-state index contributed by atoms with van der Waals surface area (Å²) in [7, 11) is 0. The van der Waals surface area contributed by atoms with Crippen LogP contribution in [0.15, 0.2) is 12.2 Å².